The predicted octanol–water partition coefficient (Wildman–Crippen LogP) is 2.34. The zero-order chi connectivity index (χ0) is 21.4. The second-order valence-electron chi connectivity index (χ2n) is 8.16. The summed E-state index contributed by atoms with van der Waals surface area (Å²) in [5.74, 6) is 0.370. The van der Waals surface area contributed by atoms with Gasteiger partial charge in [0.2, 0.25) is 11.8 Å². The number of amides is 3. The molecule has 0 spiro atoms. The number of pyridine rings is 1. The van der Waals surface area contributed by atoms with Gasteiger partial charge in [0.1, 0.15) is 5.82 Å². The topological polar surface area (TPSA) is 91.4 Å². The van der Waals surface area contributed by atoms with Crippen molar-refractivity contribution >= 4 is 35.2 Å². The van der Waals surface area contributed by atoms with Crippen LogP contribution in [-0.4, -0.2) is 47.2 Å². The Morgan fingerprint density at radius 1 is 1.16 bits per heavy atom. The van der Waals surface area contributed by atoms with Crippen LogP contribution in [0.5, 0.6) is 0 Å². The Bertz CT molecular complexity index is 1120. The highest BCUT2D eigenvalue weighted by molar-refractivity contribution is 6.07. The van der Waals surface area contributed by atoms with Gasteiger partial charge in [-0.05, 0) is 47.1 Å². The van der Waals surface area contributed by atoms with Crippen LogP contribution in [-0.2, 0) is 9.59 Å². The Morgan fingerprint density at radius 3 is 2.81 bits per heavy atom. The summed E-state index contributed by atoms with van der Waals surface area (Å²) >= 11 is 0. The lowest BCUT2D eigenvalue weighted by Gasteiger charge is -2.15. The van der Waals surface area contributed by atoms with Gasteiger partial charge in [0.25, 0.3) is 5.91 Å². The number of nitrogens with one attached hydrogen (secondary N) is 2. The molecule has 0 radical (unpaired) electrons. The molecule has 2 unspecified atom stereocenters. The molecule has 2 aromatic rings. The fourth-order valence-electron chi connectivity index (χ4n) is 4.51. The van der Waals surface area contributed by atoms with Crippen LogP contribution >= 0.6 is 0 Å². The molecule has 1 fully saturated rings. The van der Waals surface area contributed by atoms with Gasteiger partial charge in [-0.1, -0.05) is 36.4 Å². The van der Waals surface area contributed by atoms with E-state index in [4.69, 9.17) is 0 Å². The van der Waals surface area contributed by atoms with E-state index in [0.29, 0.717) is 17.4 Å². The second-order valence-corrected chi connectivity index (χ2v) is 8.16. The minimum Gasteiger partial charge on any atom is -0.343 e. The van der Waals surface area contributed by atoms with Crippen LogP contribution in [0.15, 0.2) is 54.7 Å². The van der Waals surface area contributed by atoms with E-state index in [1.165, 1.54) is 23.4 Å². The smallest absolute Gasteiger partial charge is 0.255 e. The molecule has 3 aliphatic rings. The van der Waals surface area contributed by atoms with Crippen molar-refractivity contribution in [3.05, 3.63) is 71.4 Å². The predicted molar refractivity (Wildman–Crippen MR) is 117 cm³/mol. The number of hydrogen-bond donors (Lipinski definition) is 2. The molecule has 1 aromatic carbocycles. The van der Waals surface area contributed by atoms with E-state index >= 15 is 0 Å². The zero-order valence-corrected chi connectivity index (χ0v) is 16.9. The average Bonchev–Trinajstić information content (AvgIpc) is 3.33. The maximum atomic E-state index is 12.7. The molecular weight excluding hydrogens is 392 g/mol. The number of nitrogens with zero attached hydrogens (tertiary/aromatic N) is 2. The third-order valence-electron chi connectivity index (χ3n) is 6.08. The molecule has 2 N–H and O–H groups in total. The number of aromatic nitrogens is 1. The summed E-state index contributed by atoms with van der Waals surface area (Å²) in [5.41, 5.74) is 3.56. The third kappa shape index (κ3) is 3.86. The number of carbonyl (C=O) groups excluding carboxylic acids is 3. The molecule has 0 saturated carbocycles. The average molecular weight is 414 g/mol. The van der Waals surface area contributed by atoms with Gasteiger partial charge >= 0.3 is 0 Å². The molecule has 1 saturated heterocycles. The molecule has 5 rings (SSSR count). The van der Waals surface area contributed by atoms with Crippen molar-refractivity contribution in [1.29, 1.82) is 0 Å². The number of benzene rings is 1. The summed E-state index contributed by atoms with van der Waals surface area (Å²) in [4.78, 5) is 42.5. The summed E-state index contributed by atoms with van der Waals surface area (Å²) < 4.78 is 0. The first-order valence-electron chi connectivity index (χ1n) is 10.4. The minimum atomic E-state index is -0.365. The Kier molecular flexibility index (Phi) is 4.86. The molecule has 3 heterocycles. The number of anilines is 1. The Morgan fingerprint density at radius 2 is 2.00 bits per heavy atom. The van der Waals surface area contributed by atoms with Gasteiger partial charge in [0.15, 0.2) is 0 Å². The first-order valence-corrected chi connectivity index (χ1v) is 10.4. The molecule has 31 heavy (non-hydrogen) atoms. The van der Waals surface area contributed by atoms with Crippen LogP contribution in [0.3, 0.4) is 0 Å². The lowest BCUT2D eigenvalue weighted by atomic mass is 9.98. The SMILES string of the molecule is O=C1CNC(=O)c2cc(/C=C/C(=O)N3CC4C=C(c5ccccc5)CC4C3)cnc2N1. The van der Waals surface area contributed by atoms with Crippen LogP contribution in [0.4, 0.5) is 5.82 Å². The van der Waals surface area contributed by atoms with E-state index < -0.39 is 0 Å². The molecule has 156 valence electrons. The van der Waals surface area contributed by atoms with Crippen molar-refractivity contribution in [2.24, 2.45) is 11.8 Å². The van der Waals surface area contributed by atoms with Crippen molar-refractivity contribution < 1.29 is 14.4 Å². The van der Waals surface area contributed by atoms with E-state index in [1.807, 2.05) is 11.0 Å². The van der Waals surface area contributed by atoms with Crippen molar-refractivity contribution in [3.63, 3.8) is 0 Å². The highest BCUT2D eigenvalue weighted by Crippen LogP contribution is 2.40. The second kappa shape index (κ2) is 7.83. The van der Waals surface area contributed by atoms with Crippen molar-refractivity contribution in [3.8, 4) is 0 Å². The summed E-state index contributed by atoms with van der Waals surface area (Å²) in [6.45, 7) is 1.38. The highest BCUT2D eigenvalue weighted by Gasteiger charge is 2.37. The molecule has 7 heteroatoms. The quantitative estimate of drug-likeness (QED) is 0.755. The number of fused-ring (bicyclic) bond motifs is 2. The Balaban J connectivity index is 1.25. The molecule has 1 aromatic heterocycles. The van der Waals surface area contributed by atoms with Gasteiger partial charge in [-0.3, -0.25) is 14.4 Å². The summed E-state index contributed by atoms with van der Waals surface area (Å²) in [5, 5.41) is 5.12. The Hall–Kier alpha value is -3.74. The number of rotatable bonds is 3. The van der Waals surface area contributed by atoms with Crippen molar-refractivity contribution in [1.82, 2.24) is 15.2 Å². The first-order chi connectivity index (χ1) is 15.1. The number of hydrogen-bond acceptors (Lipinski definition) is 4. The van der Waals surface area contributed by atoms with E-state index in [1.54, 1.807) is 12.1 Å². The number of likely N-dealkylation sites (tertiary alicyclic amines) is 1. The Labute approximate surface area is 179 Å². The van der Waals surface area contributed by atoms with Crippen molar-refractivity contribution in [2.45, 2.75) is 6.42 Å². The van der Waals surface area contributed by atoms with Crippen LogP contribution in [0.2, 0.25) is 0 Å². The van der Waals surface area contributed by atoms with Gasteiger partial charge in [0, 0.05) is 25.4 Å². The fraction of sp³-hybridized carbons (Fsp3) is 0.250. The van der Waals surface area contributed by atoms with Crippen LogP contribution in [0, 0.1) is 11.8 Å². The van der Waals surface area contributed by atoms with E-state index in [9.17, 15) is 14.4 Å². The minimum absolute atomic E-state index is 0.0447. The van der Waals surface area contributed by atoms with Crippen LogP contribution in [0.25, 0.3) is 11.6 Å². The van der Waals surface area contributed by atoms with E-state index in [-0.39, 0.29) is 35.6 Å². The van der Waals surface area contributed by atoms with Crippen LogP contribution in [0.1, 0.15) is 27.9 Å². The lowest BCUT2D eigenvalue weighted by Crippen LogP contribution is -2.28. The monoisotopic (exact) mass is 414 g/mol. The van der Waals surface area contributed by atoms with E-state index in [0.717, 1.165) is 19.5 Å². The fourth-order valence-corrected chi connectivity index (χ4v) is 4.51. The van der Waals surface area contributed by atoms with Gasteiger partial charge in [-0.2, -0.15) is 0 Å². The molecule has 7 nitrogen and oxygen atoms in total. The number of carbonyl (C=O) groups is 3. The van der Waals surface area contributed by atoms with Gasteiger partial charge in [-0.15, -0.1) is 0 Å². The summed E-state index contributed by atoms with van der Waals surface area (Å²) in [7, 11) is 0. The molecule has 1 aliphatic carbocycles. The van der Waals surface area contributed by atoms with Crippen LogP contribution < -0.4 is 10.6 Å². The summed E-state index contributed by atoms with van der Waals surface area (Å²) in [6, 6.07) is 12.0. The maximum Gasteiger partial charge on any atom is 0.255 e. The zero-order valence-electron chi connectivity index (χ0n) is 16.9. The van der Waals surface area contributed by atoms with Crippen molar-refractivity contribution in [2.75, 3.05) is 25.0 Å². The number of allylic oxidation sites excluding steroid dienone is 1. The summed E-state index contributed by atoms with van der Waals surface area (Å²) in [6.07, 6.45) is 8.04. The standard InChI is InChI=1S/C24H22N4O3/c29-21-12-26-24(31)20-8-15(11-25-23(20)27-21)6-7-22(30)28-13-18-9-17(10-19(18)14-28)16-4-2-1-3-5-16/h1-9,11,18-19H,10,12-14H2,(H,26,31)(H,25,27,29)/b7-6+. The normalized spacial score (nSPS) is 22.5. The van der Waals surface area contributed by atoms with Gasteiger partial charge in [0.05, 0.1) is 12.1 Å². The molecule has 0 bridgehead atoms. The van der Waals surface area contributed by atoms with Gasteiger partial charge in [-0.25, -0.2) is 4.98 Å². The van der Waals surface area contributed by atoms with E-state index in [2.05, 4.69) is 46.0 Å². The maximum absolute atomic E-state index is 12.7. The highest BCUT2D eigenvalue weighted by atomic mass is 16.2. The lowest BCUT2D eigenvalue weighted by molar-refractivity contribution is -0.125. The molecule has 2 atom stereocenters. The molecule has 3 amide bonds. The molecule has 2 aliphatic heterocycles. The molecular formula is C24H22N4O3. The largest absolute Gasteiger partial charge is 0.343 e. The third-order valence-corrected chi connectivity index (χ3v) is 6.08. The van der Waals surface area contributed by atoms with Gasteiger partial charge < -0.3 is 15.5 Å². The first kappa shape index (κ1) is 19.2.